The van der Waals surface area contributed by atoms with Gasteiger partial charge in [0.15, 0.2) is 6.61 Å². The van der Waals surface area contributed by atoms with Crippen LogP contribution in [0.2, 0.25) is 5.02 Å². The van der Waals surface area contributed by atoms with Crippen molar-refractivity contribution in [2.24, 2.45) is 5.73 Å². The molecular weight excluding hydrogens is 278 g/mol. The lowest BCUT2D eigenvalue weighted by molar-refractivity contribution is 0.0912. The minimum Gasteiger partial charge on any atom is -0.485 e. The Labute approximate surface area is 121 Å². The van der Waals surface area contributed by atoms with E-state index in [1.54, 1.807) is 42.5 Å². The fourth-order valence-electron chi connectivity index (χ4n) is 1.70. The third kappa shape index (κ3) is 3.16. The van der Waals surface area contributed by atoms with Crippen LogP contribution < -0.4 is 10.5 Å². The smallest absolute Gasteiger partial charge is 0.252 e. The summed E-state index contributed by atoms with van der Waals surface area (Å²) in [7, 11) is 0. The van der Waals surface area contributed by atoms with Gasteiger partial charge in [-0.1, -0.05) is 35.9 Å². The van der Waals surface area contributed by atoms with Crippen molar-refractivity contribution in [3.8, 4) is 5.75 Å². The van der Waals surface area contributed by atoms with Gasteiger partial charge in [0.1, 0.15) is 5.75 Å². The second-order valence-electron chi connectivity index (χ2n) is 4.05. The Morgan fingerprint density at radius 1 is 1.00 bits per heavy atom. The lowest BCUT2D eigenvalue weighted by atomic mass is 10.1. The van der Waals surface area contributed by atoms with Gasteiger partial charge in [0, 0.05) is 5.56 Å². The van der Waals surface area contributed by atoms with E-state index in [2.05, 4.69) is 0 Å². The number of nitrogens with two attached hydrogens (primary N) is 1. The van der Waals surface area contributed by atoms with Crippen molar-refractivity contribution in [3.63, 3.8) is 0 Å². The fraction of sp³-hybridized carbons (Fsp3) is 0.0667. The van der Waals surface area contributed by atoms with E-state index in [-0.39, 0.29) is 23.7 Å². The van der Waals surface area contributed by atoms with Gasteiger partial charge >= 0.3 is 0 Å². The number of ether oxygens (including phenoxy) is 1. The first kappa shape index (κ1) is 14.1. The van der Waals surface area contributed by atoms with Gasteiger partial charge in [-0.15, -0.1) is 0 Å². The van der Waals surface area contributed by atoms with Crippen LogP contribution in [0.5, 0.6) is 5.75 Å². The number of halogens is 1. The Morgan fingerprint density at radius 2 is 1.60 bits per heavy atom. The summed E-state index contributed by atoms with van der Waals surface area (Å²) in [6, 6.07) is 13.2. The number of benzene rings is 2. The molecule has 0 aliphatic heterocycles. The quantitative estimate of drug-likeness (QED) is 0.860. The molecule has 0 saturated heterocycles. The van der Waals surface area contributed by atoms with Crippen molar-refractivity contribution < 1.29 is 14.3 Å². The summed E-state index contributed by atoms with van der Waals surface area (Å²) >= 11 is 5.93. The second kappa shape index (κ2) is 6.21. The van der Waals surface area contributed by atoms with Gasteiger partial charge < -0.3 is 10.5 Å². The maximum absolute atomic E-state index is 12.0. The molecule has 0 spiro atoms. The van der Waals surface area contributed by atoms with E-state index in [9.17, 15) is 9.59 Å². The summed E-state index contributed by atoms with van der Waals surface area (Å²) in [6.45, 7) is -0.214. The average molecular weight is 290 g/mol. The van der Waals surface area contributed by atoms with Crippen LogP contribution in [0.3, 0.4) is 0 Å². The first-order valence-corrected chi connectivity index (χ1v) is 6.26. The summed E-state index contributed by atoms with van der Waals surface area (Å²) in [6.07, 6.45) is 0. The van der Waals surface area contributed by atoms with E-state index in [1.165, 1.54) is 6.07 Å². The number of para-hydroxylation sites is 1. The Hall–Kier alpha value is -2.33. The number of rotatable bonds is 5. The topological polar surface area (TPSA) is 69.4 Å². The number of primary amides is 1. The largest absolute Gasteiger partial charge is 0.485 e. The molecule has 4 nitrogen and oxygen atoms in total. The van der Waals surface area contributed by atoms with Gasteiger partial charge in [-0.2, -0.15) is 0 Å². The summed E-state index contributed by atoms with van der Waals surface area (Å²) in [5.74, 6) is -0.596. The summed E-state index contributed by atoms with van der Waals surface area (Å²) in [5.41, 5.74) is 5.85. The molecule has 5 heteroatoms. The molecule has 0 fully saturated rings. The number of amides is 1. The molecule has 0 aliphatic carbocycles. The summed E-state index contributed by atoms with van der Waals surface area (Å²) < 4.78 is 5.36. The number of hydrogen-bond acceptors (Lipinski definition) is 3. The Balaban J connectivity index is 2.12. The van der Waals surface area contributed by atoms with Crippen LogP contribution in [0.4, 0.5) is 0 Å². The van der Waals surface area contributed by atoms with Crippen LogP contribution >= 0.6 is 11.6 Å². The maximum Gasteiger partial charge on any atom is 0.252 e. The Morgan fingerprint density at radius 3 is 2.25 bits per heavy atom. The molecular formula is C15H12ClNO3. The predicted octanol–water partition coefficient (Wildman–Crippen LogP) is 2.70. The van der Waals surface area contributed by atoms with E-state index in [1.807, 2.05) is 0 Å². The molecule has 2 rings (SSSR count). The number of carbonyl (C=O) groups excluding carboxylic acids is 2. The predicted molar refractivity (Wildman–Crippen MR) is 76.2 cm³/mol. The summed E-state index contributed by atoms with van der Waals surface area (Å²) in [5, 5.41) is 0.365. The average Bonchev–Trinajstić information content (AvgIpc) is 2.45. The molecule has 2 N–H and O–H groups in total. The third-order valence-electron chi connectivity index (χ3n) is 2.69. The van der Waals surface area contributed by atoms with E-state index in [0.29, 0.717) is 10.6 Å². The highest BCUT2D eigenvalue weighted by atomic mass is 35.5. The molecule has 0 bridgehead atoms. The monoisotopic (exact) mass is 289 g/mol. The van der Waals surface area contributed by atoms with Crippen LogP contribution in [0.15, 0.2) is 48.5 Å². The van der Waals surface area contributed by atoms with Crippen LogP contribution in [0, 0.1) is 0 Å². The maximum atomic E-state index is 12.0. The van der Waals surface area contributed by atoms with Gasteiger partial charge in [0.05, 0.1) is 10.6 Å². The van der Waals surface area contributed by atoms with Gasteiger partial charge in [0.2, 0.25) is 5.78 Å². The minimum absolute atomic E-state index is 0.214. The molecule has 0 saturated carbocycles. The Bertz CT molecular complexity index is 655. The molecule has 20 heavy (non-hydrogen) atoms. The summed E-state index contributed by atoms with van der Waals surface area (Å²) in [4.78, 5) is 23.2. The van der Waals surface area contributed by atoms with Crippen LogP contribution in [0.1, 0.15) is 20.7 Å². The molecule has 0 aliphatic rings. The van der Waals surface area contributed by atoms with Gasteiger partial charge in [-0.25, -0.2) is 0 Å². The highest BCUT2D eigenvalue weighted by Gasteiger charge is 2.13. The number of Topliss-reactive ketones (excluding diaryl/α,β-unsaturated/α-hetero) is 1. The molecule has 2 aromatic carbocycles. The van der Waals surface area contributed by atoms with Gasteiger partial charge in [-0.3, -0.25) is 9.59 Å². The second-order valence-corrected chi connectivity index (χ2v) is 4.46. The molecule has 0 heterocycles. The zero-order valence-corrected chi connectivity index (χ0v) is 11.3. The van der Waals surface area contributed by atoms with Crippen LogP contribution in [-0.4, -0.2) is 18.3 Å². The van der Waals surface area contributed by atoms with Crippen LogP contribution in [0.25, 0.3) is 0 Å². The molecule has 1 amide bonds. The lowest BCUT2D eigenvalue weighted by Crippen LogP contribution is -2.16. The standard InChI is InChI=1S/C15H12ClNO3/c16-12-7-3-1-5-10(12)13(18)9-20-14-8-4-2-6-11(14)15(17)19/h1-8H,9H2,(H2,17,19). The van der Waals surface area contributed by atoms with Crippen molar-refractivity contribution in [3.05, 3.63) is 64.7 Å². The molecule has 0 unspecified atom stereocenters. The molecule has 0 aromatic heterocycles. The normalized spacial score (nSPS) is 10.1. The number of carbonyl (C=O) groups is 2. The SMILES string of the molecule is NC(=O)c1ccccc1OCC(=O)c1ccccc1Cl. The van der Waals surface area contributed by atoms with Gasteiger partial charge in [-0.05, 0) is 24.3 Å². The van der Waals surface area contributed by atoms with Crippen molar-refractivity contribution >= 4 is 23.3 Å². The zero-order valence-electron chi connectivity index (χ0n) is 10.5. The zero-order chi connectivity index (χ0) is 14.5. The molecule has 0 radical (unpaired) electrons. The highest BCUT2D eigenvalue weighted by Crippen LogP contribution is 2.19. The highest BCUT2D eigenvalue weighted by molar-refractivity contribution is 6.34. The van der Waals surface area contributed by atoms with Gasteiger partial charge in [0.25, 0.3) is 5.91 Å². The Kier molecular flexibility index (Phi) is 4.38. The number of hydrogen-bond donors (Lipinski definition) is 1. The van der Waals surface area contributed by atoms with E-state index < -0.39 is 5.91 Å². The first-order chi connectivity index (χ1) is 9.59. The van der Waals surface area contributed by atoms with E-state index in [4.69, 9.17) is 22.1 Å². The van der Waals surface area contributed by atoms with Crippen molar-refractivity contribution in [2.45, 2.75) is 0 Å². The lowest BCUT2D eigenvalue weighted by Gasteiger charge is -2.09. The fourth-order valence-corrected chi connectivity index (χ4v) is 1.95. The first-order valence-electron chi connectivity index (χ1n) is 5.89. The third-order valence-corrected chi connectivity index (χ3v) is 3.02. The van der Waals surface area contributed by atoms with Crippen molar-refractivity contribution in [2.75, 3.05) is 6.61 Å². The van der Waals surface area contributed by atoms with E-state index >= 15 is 0 Å². The number of ketones is 1. The van der Waals surface area contributed by atoms with Crippen molar-refractivity contribution in [1.29, 1.82) is 0 Å². The van der Waals surface area contributed by atoms with Crippen LogP contribution in [-0.2, 0) is 0 Å². The molecule has 102 valence electrons. The van der Waals surface area contributed by atoms with Crippen molar-refractivity contribution in [1.82, 2.24) is 0 Å². The minimum atomic E-state index is -0.606. The molecule has 2 aromatic rings. The van der Waals surface area contributed by atoms with E-state index in [0.717, 1.165) is 0 Å². The molecule has 0 atom stereocenters.